The first kappa shape index (κ1) is 14.3. The second-order valence-electron chi connectivity index (χ2n) is 3.84. The van der Waals surface area contributed by atoms with Crippen LogP contribution in [0.2, 0.25) is 0 Å². The number of nitrogens with two attached hydrogens (primary N) is 1. The molecule has 0 fully saturated rings. The Hall–Kier alpha value is -2.07. The maximum Gasteiger partial charge on any atom is 0.243 e. The van der Waals surface area contributed by atoms with Gasteiger partial charge in [0.25, 0.3) is 0 Å². The average molecular weight is 303 g/mol. The summed E-state index contributed by atoms with van der Waals surface area (Å²) >= 11 is 0. The number of rotatable bonds is 5. The normalized spacial score (nSPS) is 11.7. The summed E-state index contributed by atoms with van der Waals surface area (Å²) in [6.07, 6.45) is 2.99. The van der Waals surface area contributed by atoms with Crippen molar-refractivity contribution in [2.24, 2.45) is 0 Å². The largest absolute Gasteiger partial charge is 0.394 e. The standard InChI is InChI=1S/C10H11F2N5O2S/c11-7-1-2-8(9(12)10(7)13)20(18,19)15-4-6-17-5-3-14-16-17/h1-3,5,15H,4,6,13H2. The highest BCUT2D eigenvalue weighted by atomic mass is 32.2. The van der Waals surface area contributed by atoms with Gasteiger partial charge in [0.2, 0.25) is 10.0 Å². The number of hydrogen-bond donors (Lipinski definition) is 2. The zero-order valence-corrected chi connectivity index (χ0v) is 10.9. The third-order valence-corrected chi connectivity index (χ3v) is 3.96. The highest BCUT2D eigenvalue weighted by Crippen LogP contribution is 2.22. The maximum absolute atomic E-state index is 13.6. The van der Waals surface area contributed by atoms with Crippen molar-refractivity contribution in [1.82, 2.24) is 19.7 Å². The van der Waals surface area contributed by atoms with E-state index in [9.17, 15) is 17.2 Å². The molecule has 0 atom stereocenters. The van der Waals surface area contributed by atoms with Crippen LogP contribution in [0.15, 0.2) is 29.4 Å². The van der Waals surface area contributed by atoms with Crippen molar-refractivity contribution < 1.29 is 17.2 Å². The molecule has 0 saturated heterocycles. The molecule has 3 N–H and O–H groups in total. The van der Waals surface area contributed by atoms with Gasteiger partial charge in [0.15, 0.2) is 5.82 Å². The third-order valence-electron chi connectivity index (χ3n) is 2.49. The fourth-order valence-corrected chi connectivity index (χ4v) is 2.59. The highest BCUT2D eigenvalue weighted by molar-refractivity contribution is 7.89. The molecule has 0 unspecified atom stereocenters. The van der Waals surface area contributed by atoms with Crippen LogP contribution >= 0.6 is 0 Å². The van der Waals surface area contributed by atoms with Gasteiger partial charge < -0.3 is 5.73 Å². The predicted octanol–water partition coefficient (Wildman–Crippen LogP) is 0.117. The third kappa shape index (κ3) is 2.91. The molecular formula is C10H11F2N5O2S. The number of nitrogen functional groups attached to an aromatic ring is 1. The van der Waals surface area contributed by atoms with Crippen LogP contribution in [0.5, 0.6) is 0 Å². The molecule has 0 aliphatic carbocycles. The van der Waals surface area contributed by atoms with Crippen LogP contribution in [0.4, 0.5) is 14.5 Å². The summed E-state index contributed by atoms with van der Waals surface area (Å²) in [5.41, 5.74) is 4.29. The van der Waals surface area contributed by atoms with Gasteiger partial charge in [-0.25, -0.2) is 21.9 Å². The number of sulfonamides is 1. The van der Waals surface area contributed by atoms with Crippen molar-refractivity contribution in [1.29, 1.82) is 0 Å². The topological polar surface area (TPSA) is 103 Å². The Bertz CT molecular complexity index is 703. The number of benzene rings is 1. The molecular weight excluding hydrogens is 292 g/mol. The van der Waals surface area contributed by atoms with Crippen molar-refractivity contribution in [3.05, 3.63) is 36.2 Å². The molecule has 1 heterocycles. The van der Waals surface area contributed by atoms with Gasteiger partial charge >= 0.3 is 0 Å². The van der Waals surface area contributed by atoms with Crippen LogP contribution in [0.25, 0.3) is 0 Å². The lowest BCUT2D eigenvalue weighted by molar-refractivity contribution is 0.536. The number of hydrogen-bond acceptors (Lipinski definition) is 5. The molecule has 7 nitrogen and oxygen atoms in total. The summed E-state index contributed by atoms with van der Waals surface area (Å²) in [6, 6.07) is 1.61. The first-order valence-electron chi connectivity index (χ1n) is 5.49. The van der Waals surface area contributed by atoms with E-state index in [0.717, 1.165) is 12.1 Å². The van der Waals surface area contributed by atoms with Gasteiger partial charge in [0.05, 0.1) is 12.7 Å². The molecule has 0 bridgehead atoms. The zero-order chi connectivity index (χ0) is 14.8. The first-order valence-corrected chi connectivity index (χ1v) is 6.97. The van der Waals surface area contributed by atoms with Gasteiger partial charge in [-0.3, -0.25) is 4.68 Å². The van der Waals surface area contributed by atoms with Gasteiger partial charge in [-0.05, 0) is 12.1 Å². The summed E-state index contributed by atoms with van der Waals surface area (Å²) in [5.74, 6) is -2.32. The molecule has 10 heteroatoms. The molecule has 0 saturated carbocycles. The van der Waals surface area contributed by atoms with E-state index in [-0.39, 0.29) is 13.1 Å². The monoisotopic (exact) mass is 303 g/mol. The molecule has 1 aromatic carbocycles. The van der Waals surface area contributed by atoms with Crippen LogP contribution in [0.3, 0.4) is 0 Å². The SMILES string of the molecule is Nc1c(F)ccc(S(=O)(=O)NCCn2ccnn2)c1F. The lowest BCUT2D eigenvalue weighted by Gasteiger charge is -2.09. The molecule has 0 aliphatic rings. The van der Waals surface area contributed by atoms with Crippen LogP contribution in [0, 0.1) is 11.6 Å². The van der Waals surface area contributed by atoms with Crippen molar-refractivity contribution in [2.45, 2.75) is 11.4 Å². The fourth-order valence-electron chi connectivity index (χ4n) is 1.48. The van der Waals surface area contributed by atoms with Crippen molar-refractivity contribution >= 4 is 15.7 Å². The van der Waals surface area contributed by atoms with E-state index in [1.807, 2.05) is 0 Å². The van der Waals surface area contributed by atoms with E-state index in [0.29, 0.717) is 0 Å². The van der Waals surface area contributed by atoms with E-state index < -0.39 is 32.2 Å². The van der Waals surface area contributed by atoms with Crippen LogP contribution in [-0.2, 0) is 16.6 Å². The molecule has 1 aromatic heterocycles. The number of nitrogens with zero attached hydrogens (tertiary/aromatic N) is 3. The summed E-state index contributed by atoms with van der Waals surface area (Å²) in [4.78, 5) is -0.699. The Kier molecular flexibility index (Phi) is 3.95. The second kappa shape index (κ2) is 5.51. The molecule has 20 heavy (non-hydrogen) atoms. The summed E-state index contributed by atoms with van der Waals surface area (Å²) < 4.78 is 53.9. The molecule has 0 radical (unpaired) electrons. The fraction of sp³-hybridized carbons (Fsp3) is 0.200. The van der Waals surface area contributed by atoms with Gasteiger partial charge in [-0.2, -0.15) is 0 Å². The molecule has 0 amide bonds. The van der Waals surface area contributed by atoms with Crippen LogP contribution < -0.4 is 10.5 Å². The van der Waals surface area contributed by atoms with Crippen molar-refractivity contribution in [2.75, 3.05) is 12.3 Å². The van der Waals surface area contributed by atoms with E-state index in [4.69, 9.17) is 5.73 Å². The lowest BCUT2D eigenvalue weighted by atomic mass is 10.3. The van der Waals surface area contributed by atoms with Gasteiger partial charge in [-0.15, -0.1) is 5.10 Å². The van der Waals surface area contributed by atoms with E-state index in [1.165, 1.54) is 10.9 Å². The van der Waals surface area contributed by atoms with Crippen molar-refractivity contribution in [3.63, 3.8) is 0 Å². The highest BCUT2D eigenvalue weighted by Gasteiger charge is 2.22. The van der Waals surface area contributed by atoms with Gasteiger partial charge in [-0.1, -0.05) is 5.21 Å². The van der Waals surface area contributed by atoms with Crippen molar-refractivity contribution in [3.8, 4) is 0 Å². The van der Waals surface area contributed by atoms with Crippen LogP contribution in [0.1, 0.15) is 0 Å². The van der Waals surface area contributed by atoms with E-state index in [1.54, 1.807) is 6.20 Å². The minimum Gasteiger partial charge on any atom is -0.394 e. The lowest BCUT2D eigenvalue weighted by Crippen LogP contribution is -2.28. The Labute approximate surface area is 113 Å². The van der Waals surface area contributed by atoms with Gasteiger partial charge in [0, 0.05) is 12.7 Å². The smallest absolute Gasteiger partial charge is 0.243 e. The molecule has 2 aromatic rings. The molecule has 0 aliphatic heterocycles. The summed E-state index contributed by atoms with van der Waals surface area (Å²) in [5, 5.41) is 7.19. The van der Waals surface area contributed by atoms with E-state index >= 15 is 0 Å². The quantitative estimate of drug-likeness (QED) is 0.764. The Morgan fingerprint density at radius 2 is 2.10 bits per heavy atom. The van der Waals surface area contributed by atoms with Gasteiger partial charge in [0.1, 0.15) is 16.4 Å². The summed E-state index contributed by atoms with van der Waals surface area (Å²) in [6.45, 7) is 0.194. The Morgan fingerprint density at radius 1 is 1.35 bits per heavy atom. The number of aromatic nitrogens is 3. The Morgan fingerprint density at radius 3 is 2.75 bits per heavy atom. The van der Waals surface area contributed by atoms with Crippen LogP contribution in [-0.4, -0.2) is 30.0 Å². The molecule has 2 rings (SSSR count). The number of anilines is 1. The first-order chi connectivity index (χ1) is 9.42. The average Bonchev–Trinajstić information content (AvgIpc) is 2.88. The van der Waals surface area contributed by atoms with E-state index in [2.05, 4.69) is 15.0 Å². The second-order valence-corrected chi connectivity index (χ2v) is 5.57. The Balaban J connectivity index is 2.12. The molecule has 108 valence electrons. The number of nitrogens with one attached hydrogen (secondary N) is 1. The number of halogens is 2. The zero-order valence-electron chi connectivity index (χ0n) is 10.1. The maximum atomic E-state index is 13.6. The predicted molar refractivity (Wildman–Crippen MR) is 66.0 cm³/mol. The summed E-state index contributed by atoms with van der Waals surface area (Å²) in [7, 11) is -4.12. The molecule has 0 spiro atoms. The minimum absolute atomic E-state index is 0.0254. The minimum atomic E-state index is -4.12.